The van der Waals surface area contributed by atoms with Gasteiger partial charge in [0.05, 0.1) is 17.0 Å². The van der Waals surface area contributed by atoms with Crippen molar-refractivity contribution in [1.29, 1.82) is 0 Å². The standard InChI is InChI=1S/C25H24N2O3S/c1-16-22(28)19-10-7-11-20(24(19)30-23(16)17-8-5-4-6-9-17)25(29)26-14-21(27(2)3)18-12-13-31-15-18/h4-13,15,21H,14H2,1-3H3,(H,26,29). The van der Waals surface area contributed by atoms with E-state index in [-0.39, 0.29) is 17.4 Å². The molecule has 1 N–H and O–H groups in total. The molecule has 2 aromatic heterocycles. The number of hydrogen-bond acceptors (Lipinski definition) is 5. The summed E-state index contributed by atoms with van der Waals surface area (Å²) in [5, 5.41) is 7.54. The lowest BCUT2D eigenvalue weighted by atomic mass is 10.0. The van der Waals surface area contributed by atoms with Gasteiger partial charge in [0.15, 0.2) is 11.0 Å². The molecule has 1 atom stereocenters. The van der Waals surface area contributed by atoms with E-state index in [9.17, 15) is 9.59 Å². The summed E-state index contributed by atoms with van der Waals surface area (Å²) in [6, 6.07) is 16.7. The van der Waals surface area contributed by atoms with Crippen LogP contribution in [0, 0.1) is 6.92 Å². The van der Waals surface area contributed by atoms with Crippen LogP contribution in [0.5, 0.6) is 0 Å². The van der Waals surface area contributed by atoms with E-state index in [0.29, 0.717) is 34.4 Å². The zero-order valence-electron chi connectivity index (χ0n) is 17.7. The Kier molecular flexibility index (Phi) is 6.02. The lowest BCUT2D eigenvalue weighted by Gasteiger charge is -2.24. The highest BCUT2D eigenvalue weighted by atomic mass is 32.1. The van der Waals surface area contributed by atoms with Gasteiger partial charge in [0, 0.05) is 17.7 Å². The molecule has 0 saturated carbocycles. The lowest BCUT2D eigenvalue weighted by Crippen LogP contribution is -2.34. The Bertz CT molecular complexity index is 1260. The Morgan fingerprint density at radius 1 is 1.10 bits per heavy atom. The van der Waals surface area contributed by atoms with Crippen molar-refractivity contribution in [2.24, 2.45) is 0 Å². The van der Waals surface area contributed by atoms with Gasteiger partial charge >= 0.3 is 0 Å². The second-order valence-electron chi connectivity index (χ2n) is 7.68. The molecule has 2 heterocycles. The molecule has 0 saturated heterocycles. The molecule has 4 aromatic rings. The highest BCUT2D eigenvalue weighted by Gasteiger charge is 2.20. The fourth-order valence-corrected chi connectivity index (χ4v) is 4.41. The van der Waals surface area contributed by atoms with Crippen molar-refractivity contribution in [1.82, 2.24) is 10.2 Å². The molecule has 0 aliphatic heterocycles. The summed E-state index contributed by atoms with van der Waals surface area (Å²) >= 11 is 1.63. The van der Waals surface area contributed by atoms with Crippen molar-refractivity contribution in [2.45, 2.75) is 13.0 Å². The zero-order chi connectivity index (χ0) is 22.0. The van der Waals surface area contributed by atoms with E-state index in [2.05, 4.69) is 21.7 Å². The van der Waals surface area contributed by atoms with Crippen LogP contribution in [0.25, 0.3) is 22.3 Å². The molecule has 5 nitrogen and oxygen atoms in total. The predicted molar refractivity (Wildman–Crippen MR) is 126 cm³/mol. The molecule has 2 aromatic carbocycles. The Morgan fingerprint density at radius 2 is 1.87 bits per heavy atom. The van der Waals surface area contributed by atoms with Crippen molar-refractivity contribution in [3.8, 4) is 11.3 Å². The molecule has 158 valence electrons. The first kappa shape index (κ1) is 21.0. The van der Waals surface area contributed by atoms with Crippen molar-refractivity contribution in [3.05, 3.63) is 92.3 Å². The fraction of sp³-hybridized carbons (Fsp3) is 0.200. The average molecular weight is 433 g/mol. The van der Waals surface area contributed by atoms with Crippen LogP contribution in [0.4, 0.5) is 0 Å². The minimum atomic E-state index is -0.265. The van der Waals surface area contributed by atoms with Crippen LogP contribution in [-0.2, 0) is 0 Å². The summed E-state index contributed by atoms with van der Waals surface area (Å²) in [4.78, 5) is 28.2. The number of amides is 1. The highest BCUT2D eigenvalue weighted by molar-refractivity contribution is 7.08. The first-order chi connectivity index (χ1) is 15.0. The first-order valence-electron chi connectivity index (χ1n) is 10.1. The monoisotopic (exact) mass is 432 g/mol. The van der Waals surface area contributed by atoms with E-state index < -0.39 is 0 Å². The zero-order valence-corrected chi connectivity index (χ0v) is 18.5. The maximum absolute atomic E-state index is 13.1. The third kappa shape index (κ3) is 4.17. The van der Waals surface area contributed by atoms with Crippen LogP contribution < -0.4 is 10.7 Å². The molecular formula is C25H24N2O3S. The first-order valence-corrected chi connectivity index (χ1v) is 11.0. The number of benzene rings is 2. The average Bonchev–Trinajstić information content (AvgIpc) is 3.30. The van der Waals surface area contributed by atoms with Gasteiger partial charge < -0.3 is 14.6 Å². The molecule has 0 aliphatic carbocycles. The van der Waals surface area contributed by atoms with Gasteiger partial charge in [-0.2, -0.15) is 11.3 Å². The summed E-state index contributed by atoms with van der Waals surface area (Å²) in [5.41, 5.74) is 3.03. The van der Waals surface area contributed by atoms with Crippen LogP contribution in [0.1, 0.15) is 27.5 Å². The molecule has 6 heteroatoms. The molecule has 1 amide bonds. The number of rotatable bonds is 6. The molecule has 0 aliphatic rings. The van der Waals surface area contributed by atoms with Gasteiger partial charge in [0.1, 0.15) is 5.76 Å². The van der Waals surface area contributed by atoms with Gasteiger partial charge in [0.2, 0.25) is 0 Å². The SMILES string of the molecule is Cc1c(-c2ccccc2)oc2c(C(=O)NCC(c3ccsc3)N(C)C)cccc2c1=O. The third-order valence-corrected chi connectivity index (χ3v) is 6.13. The van der Waals surface area contributed by atoms with E-state index in [1.54, 1.807) is 36.5 Å². The molecular weight excluding hydrogens is 408 g/mol. The number of hydrogen-bond donors (Lipinski definition) is 1. The quantitative estimate of drug-likeness (QED) is 0.473. The van der Waals surface area contributed by atoms with Crippen molar-refractivity contribution < 1.29 is 9.21 Å². The molecule has 1 unspecified atom stereocenters. The smallest absolute Gasteiger partial charge is 0.255 e. The number of thiophene rings is 1. The fourth-order valence-electron chi connectivity index (χ4n) is 3.70. The number of carbonyl (C=O) groups is 1. The van der Waals surface area contributed by atoms with Crippen LogP contribution in [0.3, 0.4) is 0 Å². The van der Waals surface area contributed by atoms with Crippen LogP contribution in [0.2, 0.25) is 0 Å². The minimum absolute atomic E-state index is 0.0549. The van der Waals surface area contributed by atoms with Gasteiger partial charge in [-0.05, 0) is 55.5 Å². The van der Waals surface area contributed by atoms with Crippen LogP contribution >= 0.6 is 11.3 Å². The largest absolute Gasteiger partial charge is 0.455 e. The van der Waals surface area contributed by atoms with Gasteiger partial charge in [-0.3, -0.25) is 9.59 Å². The topological polar surface area (TPSA) is 62.6 Å². The molecule has 0 spiro atoms. The Morgan fingerprint density at radius 3 is 2.55 bits per heavy atom. The molecule has 0 fully saturated rings. The number of nitrogens with one attached hydrogen (secondary N) is 1. The number of nitrogens with zero attached hydrogens (tertiary/aromatic N) is 1. The van der Waals surface area contributed by atoms with Gasteiger partial charge in [-0.15, -0.1) is 0 Å². The lowest BCUT2D eigenvalue weighted by molar-refractivity contribution is 0.0942. The third-order valence-electron chi connectivity index (χ3n) is 5.43. The second kappa shape index (κ2) is 8.88. The Balaban J connectivity index is 1.71. The molecule has 31 heavy (non-hydrogen) atoms. The number of likely N-dealkylation sites (N-methyl/N-ethyl adjacent to an activating group) is 1. The second-order valence-corrected chi connectivity index (χ2v) is 8.46. The van der Waals surface area contributed by atoms with E-state index >= 15 is 0 Å². The van der Waals surface area contributed by atoms with E-state index in [4.69, 9.17) is 4.42 Å². The number of para-hydroxylation sites is 1. The maximum Gasteiger partial charge on any atom is 0.255 e. The molecule has 0 radical (unpaired) electrons. The maximum atomic E-state index is 13.1. The highest BCUT2D eigenvalue weighted by Crippen LogP contribution is 2.27. The molecule has 4 rings (SSSR count). The predicted octanol–water partition coefficient (Wildman–Crippen LogP) is 4.86. The number of fused-ring (bicyclic) bond motifs is 1. The Labute approximate surface area is 184 Å². The van der Waals surface area contributed by atoms with Crippen LogP contribution in [0.15, 0.2) is 74.6 Å². The van der Waals surface area contributed by atoms with E-state index in [1.807, 2.05) is 49.8 Å². The van der Waals surface area contributed by atoms with Crippen LogP contribution in [-0.4, -0.2) is 31.4 Å². The van der Waals surface area contributed by atoms with Gasteiger partial charge in [-0.25, -0.2) is 0 Å². The summed E-state index contributed by atoms with van der Waals surface area (Å²) in [6.07, 6.45) is 0. The summed E-state index contributed by atoms with van der Waals surface area (Å²) in [5.74, 6) is 0.224. The van der Waals surface area contributed by atoms with Crippen molar-refractivity contribution >= 4 is 28.2 Å². The van der Waals surface area contributed by atoms with E-state index in [0.717, 1.165) is 11.1 Å². The van der Waals surface area contributed by atoms with Gasteiger partial charge in [-0.1, -0.05) is 36.4 Å². The minimum Gasteiger partial charge on any atom is -0.455 e. The Hall–Kier alpha value is -3.22. The summed E-state index contributed by atoms with van der Waals surface area (Å²) < 4.78 is 6.17. The molecule has 0 bridgehead atoms. The normalized spacial score (nSPS) is 12.3. The van der Waals surface area contributed by atoms with Crippen molar-refractivity contribution in [3.63, 3.8) is 0 Å². The summed E-state index contributed by atoms with van der Waals surface area (Å²) in [6.45, 7) is 2.20. The number of carbonyl (C=O) groups excluding carboxylic acids is 1. The van der Waals surface area contributed by atoms with E-state index in [1.165, 1.54) is 0 Å². The van der Waals surface area contributed by atoms with Gasteiger partial charge in [0.25, 0.3) is 5.91 Å². The van der Waals surface area contributed by atoms with Crippen molar-refractivity contribution in [2.75, 3.05) is 20.6 Å². The summed E-state index contributed by atoms with van der Waals surface area (Å²) in [7, 11) is 3.97.